The quantitative estimate of drug-likeness (QED) is 0.874. The number of aryl methyl sites for hydroxylation is 2. The van der Waals surface area contributed by atoms with E-state index in [0.29, 0.717) is 5.69 Å². The summed E-state index contributed by atoms with van der Waals surface area (Å²) in [7, 11) is 0. The van der Waals surface area contributed by atoms with Crippen molar-refractivity contribution in [3.05, 3.63) is 70.4 Å². The second-order valence-corrected chi connectivity index (χ2v) is 5.77. The summed E-state index contributed by atoms with van der Waals surface area (Å²) in [6, 6.07) is 14.4. The number of halogens is 1. The SMILES string of the molecule is Cc1ccc(NC2=C(Cl)C(=O)N(c3ccccc3)C2=O)cc1C. The lowest BCUT2D eigenvalue weighted by Crippen LogP contribution is -2.32. The summed E-state index contributed by atoms with van der Waals surface area (Å²) < 4.78 is 0. The summed E-state index contributed by atoms with van der Waals surface area (Å²) in [5.74, 6) is -0.973. The molecule has 2 amide bonds. The first-order chi connectivity index (χ1) is 11.0. The fourth-order valence-electron chi connectivity index (χ4n) is 2.39. The van der Waals surface area contributed by atoms with Crippen LogP contribution in [0.1, 0.15) is 11.1 Å². The van der Waals surface area contributed by atoms with Crippen LogP contribution in [-0.4, -0.2) is 11.8 Å². The highest BCUT2D eigenvalue weighted by atomic mass is 35.5. The molecule has 1 heterocycles. The first-order valence-electron chi connectivity index (χ1n) is 7.17. The van der Waals surface area contributed by atoms with Crippen molar-refractivity contribution in [3.63, 3.8) is 0 Å². The van der Waals surface area contributed by atoms with Gasteiger partial charge in [0.1, 0.15) is 10.7 Å². The van der Waals surface area contributed by atoms with Crippen LogP contribution in [0.25, 0.3) is 0 Å². The fraction of sp³-hybridized carbons (Fsp3) is 0.111. The molecule has 0 saturated carbocycles. The lowest BCUT2D eigenvalue weighted by Gasteiger charge is -2.15. The molecular formula is C18H15ClN2O2. The molecule has 0 fully saturated rings. The summed E-state index contributed by atoms with van der Waals surface area (Å²) in [4.78, 5) is 26.0. The molecule has 1 aliphatic heterocycles. The number of anilines is 2. The highest BCUT2D eigenvalue weighted by Crippen LogP contribution is 2.30. The van der Waals surface area contributed by atoms with Gasteiger partial charge in [0.15, 0.2) is 0 Å². The van der Waals surface area contributed by atoms with E-state index in [1.54, 1.807) is 24.3 Å². The van der Waals surface area contributed by atoms with E-state index in [4.69, 9.17) is 11.6 Å². The number of nitrogens with one attached hydrogen (secondary N) is 1. The monoisotopic (exact) mass is 326 g/mol. The molecule has 0 aliphatic carbocycles. The molecule has 2 aromatic carbocycles. The number of benzene rings is 2. The minimum atomic E-state index is -0.519. The minimum absolute atomic E-state index is 0.0999. The zero-order valence-electron chi connectivity index (χ0n) is 12.8. The van der Waals surface area contributed by atoms with Crippen LogP contribution in [-0.2, 0) is 9.59 Å². The second kappa shape index (κ2) is 5.89. The van der Waals surface area contributed by atoms with Crippen LogP contribution in [0.3, 0.4) is 0 Å². The van der Waals surface area contributed by atoms with Crippen molar-refractivity contribution in [3.8, 4) is 0 Å². The summed E-state index contributed by atoms with van der Waals surface area (Å²) in [5.41, 5.74) is 3.55. The molecule has 0 saturated heterocycles. The van der Waals surface area contributed by atoms with Gasteiger partial charge in [-0.15, -0.1) is 0 Å². The number of hydrogen-bond acceptors (Lipinski definition) is 3. The Morgan fingerprint density at radius 3 is 2.26 bits per heavy atom. The van der Waals surface area contributed by atoms with Gasteiger partial charge in [0.25, 0.3) is 11.8 Å². The Bertz CT molecular complexity index is 828. The van der Waals surface area contributed by atoms with E-state index in [-0.39, 0.29) is 10.7 Å². The van der Waals surface area contributed by atoms with E-state index in [0.717, 1.165) is 21.7 Å². The van der Waals surface area contributed by atoms with Crippen molar-refractivity contribution in [2.75, 3.05) is 10.2 Å². The highest BCUT2D eigenvalue weighted by molar-refractivity contribution is 6.53. The van der Waals surface area contributed by atoms with Gasteiger partial charge in [0, 0.05) is 5.69 Å². The first-order valence-corrected chi connectivity index (χ1v) is 7.54. The Labute approximate surface area is 139 Å². The van der Waals surface area contributed by atoms with E-state index in [1.807, 2.05) is 38.1 Å². The molecule has 0 bridgehead atoms. The Morgan fingerprint density at radius 1 is 0.913 bits per heavy atom. The maximum Gasteiger partial charge on any atom is 0.283 e. The van der Waals surface area contributed by atoms with Crippen molar-refractivity contribution in [2.24, 2.45) is 0 Å². The molecule has 2 aromatic rings. The number of amides is 2. The maximum atomic E-state index is 12.6. The topological polar surface area (TPSA) is 49.4 Å². The summed E-state index contributed by atoms with van der Waals surface area (Å²) in [6.45, 7) is 3.99. The maximum absolute atomic E-state index is 12.6. The molecule has 5 heteroatoms. The molecule has 0 unspecified atom stereocenters. The molecule has 0 atom stereocenters. The number of para-hydroxylation sites is 1. The fourth-order valence-corrected chi connectivity index (χ4v) is 2.60. The van der Waals surface area contributed by atoms with E-state index < -0.39 is 11.8 Å². The second-order valence-electron chi connectivity index (χ2n) is 5.39. The van der Waals surface area contributed by atoms with Gasteiger partial charge in [-0.3, -0.25) is 9.59 Å². The van der Waals surface area contributed by atoms with Crippen molar-refractivity contribution in [1.82, 2.24) is 0 Å². The van der Waals surface area contributed by atoms with Crippen molar-refractivity contribution in [1.29, 1.82) is 0 Å². The van der Waals surface area contributed by atoms with Gasteiger partial charge < -0.3 is 5.32 Å². The van der Waals surface area contributed by atoms with Gasteiger partial charge >= 0.3 is 0 Å². The largest absolute Gasteiger partial charge is 0.350 e. The lowest BCUT2D eigenvalue weighted by atomic mass is 10.1. The number of carbonyl (C=O) groups excluding carboxylic acids is 2. The van der Waals surface area contributed by atoms with Crippen LogP contribution < -0.4 is 10.2 Å². The zero-order chi connectivity index (χ0) is 16.6. The van der Waals surface area contributed by atoms with E-state index >= 15 is 0 Å². The van der Waals surface area contributed by atoms with E-state index in [9.17, 15) is 9.59 Å². The van der Waals surface area contributed by atoms with Gasteiger partial charge in [-0.1, -0.05) is 35.9 Å². The van der Waals surface area contributed by atoms with Crippen molar-refractivity contribution < 1.29 is 9.59 Å². The summed E-state index contributed by atoms with van der Waals surface area (Å²) >= 11 is 6.09. The van der Waals surface area contributed by atoms with Crippen LogP contribution in [0, 0.1) is 13.8 Å². The molecule has 0 aromatic heterocycles. The van der Waals surface area contributed by atoms with E-state index in [1.165, 1.54) is 0 Å². The predicted octanol–water partition coefficient (Wildman–Crippen LogP) is 3.74. The molecule has 1 aliphatic rings. The number of carbonyl (C=O) groups is 2. The lowest BCUT2D eigenvalue weighted by molar-refractivity contribution is -0.120. The Kier molecular flexibility index (Phi) is 3.92. The van der Waals surface area contributed by atoms with Gasteiger partial charge in [-0.25, -0.2) is 4.90 Å². The zero-order valence-corrected chi connectivity index (χ0v) is 13.5. The first kappa shape index (κ1) is 15.3. The van der Waals surface area contributed by atoms with Gasteiger partial charge in [0.05, 0.1) is 5.69 Å². The third-order valence-electron chi connectivity index (χ3n) is 3.82. The van der Waals surface area contributed by atoms with Gasteiger partial charge in [-0.05, 0) is 49.2 Å². The van der Waals surface area contributed by atoms with Crippen LogP contribution in [0.15, 0.2) is 59.3 Å². The predicted molar refractivity (Wildman–Crippen MR) is 91.4 cm³/mol. The highest BCUT2D eigenvalue weighted by Gasteiger charge is 2.38. The van der Waals surface area contributed by atoms with Crippen molar-refractivity contribution in [2.45, 2.75) is 13.8 Å². The third kappa shape index (κ3) is 2.73. The smallest absolute Gasteiger partial charge is 0.283 e. The normalized spacial score (nSPS) is 14.7. The summed E-state index contributed by atoms with van der Waals surface area (Å²) in [6.07, 6.45) is 0. The van der Waals surface area contributed by atoms with Crippen LogP contribution in [0.5, 0.6) is 0 Å². The molecule has 3 rings (SSSR count). The number of nitrogens with zero attached hydrogens (tertiary/aromatic N) is 1. The van der Waals surface area contributed by atoms with Crippen LogP contribution in [0.2, 0.25) is 0 Å². The molecule has 0 radical (unpaired) electrons. The molecule has 4 nitrogen and oxygen atoms in total. The Balaban J connectivity index is 1.92. The standard InChI is InChI=1S/C18H15ClN2O2/c1-11-8-9-13(10-12(11)2)20-16-15(19)17(22)21(18(16)23)14-6-4-3-5-7-14/h3-10,20H,1-2H3. The van der Waals surface area contributed by atoms with Crippen molar-refractivity contribution >= 4 is 34.8 Å². The summed E-state index contributed by atoms with van der Waals surface area (Å²) in [5, 5.41) is 2.87. The molecular weight excluding hydrogens is 312 g/mol. The molecule has 1 N–H and O–H groups in total. The average molecular weight is 327 g/mol. The van der Waals surface area contributed by atoms with Crippen LogP contribution in [0.4, 0.5) is 11.4 Å². The molecule has 0 spiro atoms. The average Bonchev–Trinajstić information content (AvgIpc) is 2.75. The Hall–Kier alpha value is -2.59. The number of rotatable bonds is 3. The minimum Gasteiger partial charge on any atom is -0.350 e. The van der Waals surface area contributed by atoms with Gasteiger partial charge in [-0.2, -0.15) is 0 Å². The van der Waals surface area contributed by atoms with Gasteiger partial charge in [0.2, 0.25) is 0 Å². The number of imide groups is 1. The number of hydrogen-bond donors (Lipinski definition) is 1. The molecule has 116 valence electrons. The van der Waals surface area contributed by atoms with E-state index in [2.05, 4.69) is 5.32 Å². The van der Waals surface area contributed by atoms with Crippen LogP contribution >= 0.6 is 11.6 Å². The third-order valence-corrected chi connectivity index (χ3v) is 4.17. The Morgan fingerprint density at radius 2 is 1.61 bits per heavy atom. The molecule has 23 heavy (non-hydrogen) atoms.